The summed E-state index contributed by atoms with van der Waals surface area (Å²) in [7, 11) is -3.73. The van der Waals surface area contributed by atoms with E-state index in [0.29, 0.717) is 33.2 Å². The Morgan fingerprint density at radius 1 is 1.12 bits per heavy atom. The van der Waals surface area contributed by atoms with Crippen LogP contribution in [0.1, 0.15) is 36.7 Å². The van der Waals surface area contributed by atoms with E-state index in [4.69, 9.17) is 11.6 Å². The van der Waals surface area contributed by atoms with Crippen molar-refractivity contribution in [2.45, 2.75) is 44.9 Å². The van der Waals surface area contributed by atoms with Crippen LogP contribution in [0.3, 0.4) is 0 Å². The molecule has 0 spiro atoms. The Balaban J connectivity index is 2.28. The number of aromatic nitrogens is 2. The first-order chi connectivity index (χ1) is 11.8. The van der Waals surface area contributed by atoms with Gasteiger partial charge in [0.15, 0.2) is 0 Å². The molecule has 132 valence electrons. The van der Waals surface area contributed by atoms with Crippen LogP contribution in [-0.2, 0) is 16.4 Å². The maximum Gasteiger partial charge on any atom is 0.269 e. The van der Waals surface area contributed by atoms with Crippen LogP contribution in [0.2, 0.25) is 5.02 Å². The number of unbranched alkanes of at least 4 members (excludes halogenated alkanes) is 1. The van der Waals surface area contributed by atoms with E-state index < -0.39 is 10.0 Å². The van der Waals surface area contributed by atoms with Crippen LogP contribution in [-0.4, -0.2) is 17.4 Å². The smallest absolute Gasteiger partial charge is 0.232 e. The largest absolute Gasteiger partial charge is 0.269 e. The molecule has 1 aromatic heterocycles. The molecule has 0 bridgehead atoms. The number of halogens is 1. The molecule has 1 heterocycles. The topological polar surface area (TPSA) is 52.0 Å². The Bertz CT molecular complexity index is 1040. The highest BCUT2D eigenvalue weighted by Crippen LogP contribution is 2.28. The van der Waals surface area contributed by atoms with E-state index in [2.05, 4.69) is 11.9 Å². The standard InChI is InChI=1S/C19H21ClN2O2S/c1-4-5-6-19-21-16-12-15(20)8-9-17(16)22(19)25(23,24)18-10-7-13(2)11-14(18)3/h7-12H,4-6H2,1-3H3. The van der Waals surface area contributed by atoms with E-state index >= 15 is 0 Å². The van der Waals surface area contributed by atoms with E-state index in [1.807, 2.05) is 26.0 Å². The second kappa shape index (κ2) is 6.81. The Hall–Kier alpha value is -1.85. The second-order valence-corrected chi connectivity index (χ2v) is 8.49. The summed E-state index contributed by atoms with van der Waals surface area (Å²) >= 11 is 6.06. The van der Waals surface area contributed by atoms with Gasteiger partial charge in [0.2, 0.25) is 0 Å². The van der Waals surface area contributed by atoms with E-state index in [9.17, 15) is 8.42 Å². The predicted octanol–water partition coefficient (Wildman–Crippen LogP) is 4.89. The first-order valence-electron chi connectivity index (χ1n) is 8.34. The molecular formula is C19H21ClN2O2S. The maximum atomic E-state index is 13.4. The van der Waals surface area contributed by atoms with Crippen LogP contribution in [0, 0.1) is 13.8 Å². The molecule has 0 radical (unpaired) electrons. The molecule has 0 amide bonds. The Labute approximate surface area is 153 Å². The Morgan fingerprint density at radius 2 is 1.88 bits per heavy atom. The molecule has 0 N–H and O–H groups in total. The van der Waals surface area contributed by atoms with Gasteiger partial charge in [0.05, 0.1) is 15.9 Å². The summed E-state index contributed by atoms with van der Waals surface area (Å²) in [5.74, 6) is 0.555. The first-order valence-corrected chi connectivity index (χ1v) is 10.2. The van der Waals surface area contributed by atoms with Gasteiger partial charge in [-0.15, -0.1) is 0 Å². The summed E-state index contributed by atoms with van der Waals surface area (Å²) in [4.78, 5) is 4.86. The summed E-state index contributed by atoms with van der Waals surface area (Å²) in [5, 5.41) is 0.545. The van der Waals surface area contributed by atoms with Crippen LogP contribution >= 0.6 is 11.6 Å². The molecule has 3 rings (SSSR count). The third-order valence-corrected chi connectivity index (χ3v) is 6.38. The molecule has 25 heavy (non-hydrogen) atoms. The molecule has 0 aliphatic rings. The van der Waals surface area contributed by atoms with Crippen LogP contribution in [0.4, 0.5) is 0 Å². The fourth-order valence-corrected chi connectivity index (χ4v) is 4.92. The average Bonchev–Trinajstić information content (AvgIpc) is 2.90. The van der Waals surface area contributed by atoms with Crippen LogP contribution in [0.15, 0.2) is 41.3 Å². The van der Waals surface area contributed by atoms with Gasteiger partial charge in [-0.1, -0.05) is 42.6 Å². The molecule has 6 heteroatoms. The van der Waals surface area contributed by atoms with Gasteiger partial charge in [-0.2, -0.15) is 0 Å². The van der Waals surface area contributed by atoms with Crippen molar-refractivity contribution in [3.05, 3.63) is 58.4 Å². The van der Waals surface area contributed by atoms with Gasteiger partial charge in [-0.05, 0) is 50.1 Å². The van der Waals surface area contributed by atoms with Gasteiger partial charge >= 0.3 is 0 Å². The highest BCUT2D eigenvalue weighted by Gasteiger charge is 2.25. The molecule has 4 nitrogen and oxygen atoms in total. The van der Waals surface area contributed by atoms with Crippen molar-refractivity contribution in [3.63, 3.8) is 0 Å². The first kappa shape index (κ1) is 18.0. The van der Waals surface area contributed by atoms with Gasteiger partial charge in [0.25, 0.3) is 10.0 Å². The molecule has 0 aliphatic heterocycles. The Kier molecular flexibility index (Phi) is 4.89. The fourth-order valence-electron chi connectivity index (χ4n) is 3.03. The van der Waals surface area contributed by atoms with Gasteiger partial charge in [0, 0.05) is 11.4 Å². The molecule has 0 fully saturated rings. The van der Waals surface area contributed by atoms with Crippen molar-refractivity contribution in [1.29, 1.82) is 0 Å². The molecule has 0 unspecified atom stereocenters. The summed E-state index contributed by atoms with van der Waals surface area (Å²) in [6.45, 7) is 5.84. The highest BCUT2D eigenvalue weighted by atomic mass is 35.5. The highest BCUT2D eigenvalue weighted by molar-refractivity contribution is 7.90. The number of nitrogens with zero attached hydrogens (tertiary/aromatic N) is 2. The number of imidazole rings is 1. The van der Waals surface area contributed by atoms with E-state index in [-0.39, 0.29) is 0 Å². The van der Waals surface area contributed by atoms with E-state index in [0.717, 1.165) is 24.0 Å². The van der Waals surface area contributed by atoms with Crippen molar-refractivity contribution >= 4 is 32.7 Å². The van der Waals surface area contributed by atoms with Crippen molar-refractivity contribution in [2.75, 3.05) is 0 Å². The van der Waals surface area contributed by atoms with Crippen molar-refractivity contribution < 1.29 is 8.42 Å². The summed E-state index contributed by atoms with van der Waals surface area (Å²) in [6.07, 6.45) is 2.44. The molecule has 0 saturated carbocycles. The molecule has 2 aromatic carbocycles. The lowest BCUT2D eigenvalue weighted by molar-refractivity contribution is 0.584. The minimum atomic E-state index is -3.73. The minimum absolute atomic E-state index is 0.310. The number of fused-ring (bicyclic) bond motifs is 1. The lowest BCUT2D eigenvalue weighted by atomic mass is 10.2. The predicted molar refractivity (Wildman–Crippen MR) is 102 cm³/mol. The third-order valence-electron chi connectivity index (χ3n) is 4.24. The molecule has 3 aromatic rings. The monoisotopic (exact) mass is 376 g/mol. The van der Waals surface area contributed by atoms with Crippen molar-refractivity contribution in [2.24, 2.45) is 0 Å². The van der Waals surface area contributed by atoms with Gasteiger partial charge in [-0.25, -0.2) is 17.4 Å². The van der Waals surface area contributed by atoms with Crippen LogP contribution < -0.4 is 0 Å². The van der Waals surface area contributed by atoms with Crippen LogP contribution in [0.25, 0.3) is 11.0 Å². The average molecular weight is 377 g/mol. The fraction of sp³-hybridized carbons (Fsp3) is 0.316. The lowest BCUT2D eigenvalue weighted by Crippen LogP contribution is -2.17. The number of rotatable bonds is 5. The van der Waals surface area contributed by atoms with Crippen LogP contribution in [0.5, 0.6) is 0 Å². The molecule has 0 saturated heterocycles. The zero-order valence-electron chi connectivity index (χ0n) is 14.6. The Morgan fingerprint density at radius 3 is 2.56 bits per heavy atom. The molecule has 0 atom stereocenters. The lowest BCUT2D eigenvalue weighted by Gasteiger charge is -2.13. The number of hydrogen-bond donors (Lipinski definition) is 0. The summed E-state index contributed by atoms with van der Waals surface area (Å²) < 4.78 is 28.2. The SMILES string of the molecule is CCCCc1nc2cc(Cl)ccc2n1S(=O)(=O)c1ccc(C)cc1C. The summed E-state index contributed by atoms with van der Waals surface area (Å²) in [6, 6.07) is 10.5. The zero-order chi connectivity index (χ0) is 18.2. The van der Waals surface area contributed by atoms with Crippen molar-refractivity contribution in [1.82, 2.24) is 8.96 Å². The normalized spacial score (nSPS) is 12.0. The van der Waals surface area contributed by atoms with Gasteiger partial charge in [-0.3, -0.25) is 0 Å². The maximum absolute atomic E-state index is 13.4. The molecule has 0 aliphatic carbocycles. The number of hydrogen-bond acceptors (Lipinski definition) is 3. The van der Waals surface area contributed by atoms with E-state index in [1.54, 1.807) is 24.3 Å². The number of benzene rings is 2. The van der Waals surface area contributed by atoms with E-state index in [1.165, 1.54) is 3.97 Å². The molecular weight excluding hydrogens is 356 g/mol. The zero-order valence-corrected chi connectivity index (χ0v) is 16.2. The number of aryl methyl sites for hydroxylation is 3. The van der Waals surface area contributed by atoms with Gasteiger partial charge in [0.1, 0.15) is 5.82 Å². The van der Waals surface area contributed by atoms with Gasteiger partial charge < -0.3 is 0 Å². The van der Waals surface area contributed by atoms with Crippen molar-refractivity contribution in [3.8, 4) is 0 Å². The quantitative estimate of drug-likeness (QED) is 0.637. The second-order valence-electron chi connectivity index (χ2n) is 6.30. The minimum Gasteiger partial charge on any atom is -0.232 e. The third kappa shape index (κ3) is 3.31. The summed E-state index contributed by atoms with van der Waals surface area (Å²) in [5.41, 5.74) is 2.93.